The van der Waals surface area contributed by atoms with Gasteiger partial charge >= 0.3 is 0 Å². The monoisotopic (exact) mass is 414 g/mol. The molecule has 0 bridgehead atoms. The first-order chi connectivity index (χ1) is 14.0. The van der Waals surface area contributed by atoms with E-state index < -0.39 is 16.1 Å². The molecule has 0 saturated carbocycles. The van der Waals surface area contributed by atoms with Crippen LogP contribution in [0.2, 0.25) is 0 Å². The minimum absolute atomic E-state index is 0.0569. The van der Waals surface area contributed by atoms with Gasteiger partial charge in [-0.3, -0.25) is 4.79 Å². The fourth-order valence-corrected chi connectivity index (χ4v) is 6.00. The molecule has 1 amide bonds. The summed E-state index contributed by atoms with van der Waals surface area (Å²) in [6, 6.07) is 13.7. The Morgan fingerprint density at radius 3 is 2.59 bits per heavy atom. The van der Waals surface area contributed by atoms with Crippen LogP contribution in [0, 0.1) is 0 Å². The number of rotatable bonds is 5. The minimum atomic E-state index is -3.74. The van der Waals surface area contributed by atoms with Gasteiger partial charge in [0.25, 0.3) is 0 Å². The molecule has 154 valence electrons. The van der Waals surface area contributed by atoms with Gasteiger partial charge < -0.3 is 10.1 Å². The van der Waals surface area contributed by atoms with Gasteiger partial charge in [-0.1, -0.05) is 24.3 Å². The second kappa shape index (κ2) is 8.16. The molecule has 0 radical (unpaired) electrons. The molecule has 1 aliphatic carbocycles. The Bertz CT molecular complexity index is 988. The SMILES string of the molecule is COc1ccc(S(=O)(=O)N2CCC[C@H]2C(=O)N[C@@H]2CCCc3ccccc32)cc1. The van der Waals surface area contributed by atoms with E-state index >= 15 is 0 Å². The Balaban J connectivity index is 1.53. The number of nitrogens with one attached hydrogen (secondary N) is 1. The van der Waals surface area contributed by atoms with Gasteiger partial charge in [0.15, 0.2) is 0 Å². The first-order valence-corrected chi connectivity index (χ1v) is 11.5. The number of ether oxygens (including phenoxy) is 1. The number of amides is 1. The van der Waals surface area contributed by atoms with Crippen LogP contribution in [0.3, 0.4) is 0 Å². The number of carbonyl (C=O) groups excluding carboxylic acids is 1. The van der Waals surface area contributed by atoms with Crippen molar-refractivity contribution >= 4 is 15.9 Å². The highest BCUT2D eigenvalue weighted by Gasteiger charge is 2.40. The van der Waals surface area contributed by atoms with Crippen LogP contribution < -0.4 is 10.1 Å². The van der Waals surface area contributed by atoms with Crippen LogP contribution in [0.25, 0.3) is 0 Å². The number of benzene rings is 2. The molecule has 0 aromatic heterocycles. The molecule has 2 aromatic rings. The molecular formula is C22H26N2O4S. The van der Waals surface area contributed by atoms with Crippen LogP contribution in [-0.4, -0.2) is 38.3 Å². The van der Waals surface area contributed by atoms with E-state index in [0.717, 1.165) is 24.8 Å². The highest BCUT2D eigenvalue weighted by molar-refractivity contribution is 7.89. The molecule has 1 fully saturated rings. The van der Waals surface area contributed by atoms with E-state index in [9.17, 15) is 13.2 Å². The molecule has 1 N–H and O–H groups in total. The van der Waals surface area contributed by atoms with Crippen LogP contribution in [0.15, 0.2) is 53.4 Å². The maximum atomic E-state index is 13.1. The number of nitrogens with zero attached hydrogens (tertiary/aromatic N) is 1. The Morgan fingerprint density at radius 2 is 1.83 bits per heavy atom. The molecule has 0 spiro atoms. The fraction of sp³-hybridized carbons (Fsp3) is 0.409. The second-order valence-corrected chi connectivity index (χ2v) is 9.49. The number of hydrogen-bond donors (Lipinski definition) is 1. The van der Waals surface area contributed by atoms with E-state index in [0.29, 0.717) is 25.1 Å². The molecule has 6 nitrogen and oxygen atoms in total. The first kappa shape index (κ1) is 19.9. The number of carbonyl (C=O) groups is 1. The standard InChI is InChI=1S/C22H26N2O4S/c1-28-17-11-13-18(14-12-17)29(26,27)24-15-5-10-21(24)22(25)23-20-9-4-7-16-6-2-3-8-19(16)20/h2-3,6,8,11-14,20-21H,4-5,7,9-10,15H2,1H3,(H,23,25)/t20-,21+/m1/s1. The second-order valence-electron chi connectivity index (χ2n) is 7.60. The highest BCUT2D eigenvalue weighted by atomic mass is 32.2. The first-order valence-electron chi connectivity index (χ1n) is 10.0. The molecular weight excluding hydrogens is 388 g/mol. The number of sulfonamides is 1. The van der Waals surface area contributed by atoms with E-state index in [1.54, 1.807) is 12.1 Å². The summed E-state index contributed by atoms with van der Waals surface area (Å²) in [5, 5.41) is 3.12. The van der Waals surface area contributed by atoms with Gasteiger partial charge in [-0.15, -0.1) is 0 Å². The third-order valence-corrected chi connectivity index (χ3v) is 7.78. The van der Waals surface area contributed by atoms with E-state index in [1.165, 1.54) is 29.1 Å². The van der Waals surface area contributed by atoms with Crippen molar-refractivity contribution in [1.29, 1.82) is 0 Å². The van der Waals surface area contributed by atoms with E-state index in [2.05, 4.69) is 17.4 Å². The molecule has 2 atom stereocenters. The molecule has 29 heavy (non-hydrogen) atoms. The Hall–Kier alpha value is -2.38. The summed E-state index contributed by atoms with van der Waals surface area (Å²) in [5.74, 6) is 0.386. The predicted octanol–water partition coefficient (Wildman–Crippen LogP) is 3.04. The average Bonchev–Trinajstić information content (AvgIpc) is 3.25. The summed E-state index contributed by atoms with van der Waals surface area (Å²) in [6.45, 7) is 0.355. The highest BCUT2D eigenvalue weighted by Crippen LogP contribution is 2.31. The van der Waals surface area contributed by atoms with Crippen molar-refractivity contribution < 1.29 is 17.9 Å². The zero-order valence-electron chi connectivity index (χ0n) is 16.5. The molecule has 2 aromatic carbocycles. The van der Waals surface area contributed by atoms with Crippen LogP contribution in [0.1, 0.15) is 42.9 Å². The Labute approximate surface area is 171 Å². The third kappa shape index (κ3) is 3.89. The fourth-order valence-electron chi connectivity index (χ4n) is 4.34. The number of methoxy groups -OCH3 is 1. The molecule has 1 saturated heterocycles. The molecule has 0 unspecified atom stereocenters. The summed E-state index contributed by atoms with van der Waals surface area (Å²) in [4.78, 5) is 13.3. The van der Waals surface area contributed by atoms with Crippen molar-refractivity contribution in [1.82, 2.24) is 9.62 Å². The molecule has 2 aliphatic rings. The Kier molecular flexibility index (Phi) is 5.61. The topological polar surface area (TPSA) is 75.7 Å². The lowest BCUT2D eigenvalue weighted by Gasteiger charge is -2.29. The molecule has 4 rings (SSSR count). The van der Waals surface area contributed by atoms with Gasteiger partial charge in [-0.25, -0.2) is 8.42 Å². The van der Waals surface area contributed by atoms with Gasteiger partial charge in [0.2, 0.25) is 15.9 Å². The summed E-state index contributed by atoms with van der Waals surface area (Å²) in [5.41, 5.74) is 2.41. The van der Waals surface area contributed by atoms with Crippen LogP contribution in [0.5, 0.6) is 5.75 Å². The largest absolute Gasteiger partial charge is 0.497 e. The van der Waals surface area contributed by atoms with E-state index in [-0.39, 0.29) is 16.8 Å². The maximum Gasteiger partial charge on any atom is 0.243 e. The predicted molar refractivity (Wildman–Crippen MR) is 110 cm³/mol. The third-order valence-electron chi connectivity index (χ3n) is 5.86. The summed E-state index contributed by atoms with van der Waals surface area (Å²) >= 11 is 0. The van der Waals surface area contributed by atoms with Crippen molar-refractivity contribution in [2.24, 2.45) is 0 Å². The smallest absolute Gasteiger partial charge is 0.243 e. The van der Waals surface area contributed by atoms with Crippen molar-refractivity contribution in [2.75, 3.05) is 13.7 Å². The van der Waals surface area contributed by atoms with Gasteiger partial charge in [0.05, 0.1) is 18.0 Å². The van der Waals surface area contributed by atoms with Crippen LogP contribution in [0.4, 0.5) is 0 Å². The van der Waals surface area contributed by atoms with Crippen LogP contribution in [-0.2, 0) is 21.2 Å². The number of aryl methyl sites for hydroxylation is 1. The molecule has 1 heterocycles. The normalized spacial score (nSPS) is 22.1. The summed E-state index contributed by atoms with van der Waals surface area (Å²) in [7, 11) is -2.21. The zero-order valence-corrected chi connectivity index (χ0v) is 17.3. The Morgan fingerprint density at radius 1 is 1.07 bits per heavy atom. The number of fused-ring (bicyclic) bond motifs is 1. The van der Waals surface area contributed by atoms with E-state index in [4.69, 9.17) is 4.74 Å². The lowest BCUT2D eigenvalue weighted by atomic mass is 9.87. The van der Waals surface area contributed by atoms with Gasteiger partial charge in [0.1, 0.15) is 11.8 Å². The van der Waals surface area contributed by atoms with Gasteiger partial charge in [-0.2, -0.15) is 4.31 Å². The maximum absolute atomic E-state index is 13.1. The molecule has 7 heteroatoms. The number of hydrogen-bond acceptors (Lipinski definition) is 4. The van der Waals surface area contributed by atoms with Crippen molar-refractivity contribution in [3.63, 3.8) is 0 Å². The lowest BCUT2D eigenvalue weighted by Crippen LogP contribution is -2.47. The minimum Gasteiger partial charge on any atom is -0.497 e. The van der Waals surface area contributed by atoms with Gasteiger partial charge in [0, 0.05) is 6.54 Å². The summed E-state index contributed by atoms with van der Waals surface area (Å²) in [6.07, 6.45) is 4.12. The van der Waals surface area contributed by atoms with Crippen molar-refractivity contribution in [3.05, 3.63) is 59.7 Å². The van der Waals surface area contributed by atoms with Crippen molar-refractivity contribution in [3.8, 4) is 5.75 Å². The van der Waals surface area contributed by atoms with E-state index in [1.807, 2.05) is 12.1 Å². The molecule has 1 aliphatic heterocycles. The zero-order chi connectivity index (χ0) is 20.4. The average molecular weight is 415 g/mol. The van der Waals surface area contributed by atoms with Crippen molar-refractivity contribution in [2.45, 2.75) is 49.1 Å². The van der Waals surface area contributed by atoms with Crippen LogP contribution >= 0.6 is 0 Å². The quantitative estimate of drug-likeness (QED) is 0.816. The van der Waals surface area contributed by atoms with Gasteiger partial charge in [-0.05, 0) is 67.5 Å². The lowest BCUT2D eigenvalue weighted by molar-refractivity contribution is -0.125. The summed E-state index contributed by atoms with van der Waals surface area (Å²) < 4.78 is 32.7.